The van der Waals surface area contributed by atoms with Crippen molar-refractivity contribution in [2.24, 2.45) is 11.7 Å². The lowest BCUT2D eigenvalue weighted by Crippen LogP contribution is -2.37. The molecule has 0 aliphatic heterocycles. The van der Waals surface area contributed by atoms with E-state index in [1.165, 1.54) is 6.39 Å². The highest BCUT2D eigenvalue weighted by Gasteiger charge is 2.26. The van der Waals surface area contributed by atoms with Gasteiger partial charge in [0.2, 0.25) is 0 Å². The first-order chi connectivity index (χ1) is 5.34. The minimum atomic E-state index is 0.433. The summed E-state index contributed by atoms with van der Waals surface area (Å²) in [6.45, 7) is 0. The number of rotatable bonds is 2. The molecule has 0 bridgehead atoms. The van der Waals surface area contributed by atoms with Gasteiger partial charge in [0.1, 0.15) is 5.76 Å². The summed E-state index contributed by atoms with van der Waals surface area (Å²) >= 11 is 0. The maximum absolute atomic E-state index is 5.65. The van der Waals surface area contributed by atoms with Gasteiger partial charge in [0.05, 0.1) is 6.20 Å². The number of hydrogen-bond acceptors (Lipinski definition) is 3. The Morgan fingerprint density at radius 2 is 2.45 bits per heavy atom. The maximum Gasteiger partial charge on any atom is 0.180 e. The number of oxazole rings is 1. The summed E-state index contributed by atoms with van der Waals surface area (Å²) in [5.74, 6) is 1.72. The molecule has 2 N–H and O–H groups in total. The lowest BCUT2D eigenvalue weighted by atomic mass is 9.78. The zero-order valence-corrected chi connectivity index (χ0v) is 6.36. The Labute approximate surface area is 65.6 Å². The molecule has 1 saturated carbocycles. The van der Waals surface area contributed by atoms with Gasteiger partial charge < -0.3 is 10.2 Å². The second-order valence-electron chi connectivity index (χ2n) is 3.27. The molecule has 60 valence electrons. The van der Waals surface area contributed by atoms with Crippen LogP contribution in [0.25, 0.3) is 0 Å². The van der Waals surface area contributed by atoms with Crippen molar-refractivity contribution < 1.29 is 4.42 Å². The summed E-state index contributed by atoms with van der Waals surface area (Å²) in [4.78, 5) is 3.85. The first kappa shape index (κ1) is 6.85. The van der Waals surface area contributed by atoms with Crippen LogP contribution in [0.2, 0.25) is 0 Å². The van der Waals surface area contributed by atoms with Crippen molar-refractivity contribution in [3.63, 3.8) is 0 Å². The first-order valence-electron chi connectivity index (χ1n) is 3.97. The van der Waals surface area contributed by atoms with Crippen molar-refractivity contribution >= 4 is 0 Å². The van der Waals surface area contributed by atoms with Gasteiger partial charge in [0, 0.05) is 12.5 Å². The van der Waals surface area contributed by atoms with Gasteiger partial charge in [0.25, 0.3) is 0 Å². The molecule has 0 radical (unpaired) electrons. The molecule has 0 atom stereocenters. The molecule has 1 fully saturated rings. The zero-order chi connectivity index (χ0) is 7.68. The Morgan fingerprint density at radius 1 is 1.64 bits per heavy atom. The lowest BCUT2D eigenvalue weighted by molar-refractivity contribution is 0.251. The van der Waals surface area contributed by atoms with Crippen molar-refractivity contribution in [1.29, 1.82) is 0 Å². The summed E-state index contributed by atoms with van der Waals surface area (Å²) in [7, 11) is 0. The molecule has 0 amide bonds. The number of aromatic nitrogens is 1. The number of nitrogens with two attached hydrogens (primary N) is 1. The van der Waals surface area contributed by atoms with Crippen LogP contribution in [0.5, 0.6) is 0 Å². The van der Waals surface area contributed by atoms with Crippen LogP contribution in [-0.4, -0.2) is 11.0 Å². The maximum atomic E-state index is 5.65. The van der Waals surface area contributed by atoms with E-state index in [1.54, 1.807) is 6.20 Å². The van der Waals surface area contributed by atoms with Crippen molar-refractivity contribution in [3.05, 3.63) is 18.4 Å². The quantitative estimate of drug-likeness (QED) is 0.686. The smallest absolute Gasteiger partial charge is 0.180 e. The van der Waals surface area contributed by atoms with E-state index < -0.39 is 0 Å². The molecule has 3 nitrogen and oxygen atoms in total. The van der Waals surface area contributed by atoms with E-state index in [9.17, 15) is 0 Å². The highest BCUT2D eigenvalue weighted by Crippen LogP contribution is 2.28. The molecule has 3 heteroatoms. The second-order valence-corrected chi connectivity index (χ2v) is 3.27. The fourth-order valence-electron chi connectivity index (χ4n) is 1.58. The number of hydrogen-bond donors (Lipinski definition) is 1. The van der Waals surface area contributed by atoms with Gasteiger partial charge in [-0.25, -0.2) is 4.98 Å². The van der Waals surface area contributed by atoms with E-state index in [4.69, 9.17) is 10.2 Å². The van der Waals surface area contributed by atoms with E-state index >= 15 is 0 Å². The Bertz CT molecular complexity index is 214. The van der Waals surface area contributed by atoms with E-state index in [0.717, 1.165) is 30.9 Å². The first-order valence-corrected chi connectivity index (χ1v) is 3.97. The van der Waals surface area contributed by atoms with Gasteiger partial charge in [0.15, 0.2) is 6.39 Å². The van der Waals surface area contributed by atoms with Crippen LogP contribution in [0.4, 0.5) is 0 Å². The number of nitrogens with zero attached hydrogens (tertiary/aromatic N) is 1. The summed E-state index contributed by atoms with van der Waals surface area (Å²) in [6.07, 6.45) is 6.55. The molecule has 2 rings (SSSR count). The predicted octanol–water partition coefficient (Wildman–Crippen LogP) is 0.954. The largest absolute Gasteiger partial charge is 0.449 e. The van der Waals surface area contributed by atoms with Crippen LogP contribution in [0.1, 0.15) is 18.6 Å². The predicted molar refractivity (Wildman–Crippen MR) is 40.9 cm³/mol. The molecule has 0 aromatic carbocycles. The lowest BCUT2D eigenvalue weighted by Gasteiger charge is -2.31. The monoisotopic (exact) mass is 152 g/mol. The fraction of sp³-hybridized carbons (Fsp3) is 0.625. The van der Waals surface area contributed by atoms with Crippen molar-refractivity contribution in [1.82, 2.24) is 4.98 Å². The van der Waals surface area contributed by atoms with Gasteiger partial charge in [-0.15, -0.1) is 0 Å². The topological polar surface area (TPSA) is 52.0 Å². The normalized spacial score (nSPS) is 29.9. The third-order valence-electron chi connectivity index (χ3n) is 2.25. The summed E-state index contributed by atoms with van der Waals surface area (Å²) in [5.41, 5.74) is 5.65. The zero-order valence-electron chi connectivity index (χ0n) is 6.36. The molecule has 1 aliphatic rings. The summed E-state index contributed by atoms with van der Waals surface area (Å²) in [5, 5.41) is 0. The Hall–Kier alpha value is -0.830. The van der Waals surface area contributed by atoms with E-state index in [0.29, 0.717) is 6.04 Å². The minimum Gasteiger partial charge on any atom is -0.449 e. The third-order valence-corrected chi connectivity index (χ3v) is 2.25. The van der Waals surface area contributed by atoms with Crippen LogP contribution >= 0.6 is 0 Å². The minimum absolute atomic E-state index is 0.433. The fourth-order valence-corrected chi connectivity index (χ4v) is 1.58. The Balaban J connectivity index is 1.84. The molecule has 1 aromatic heterocycles. The second kappa shape index (κ2) is 2.66. The molecule has 1 aliphatic carbocycles. The van der Waals surface area contributed by atoms with Crippen LogP contribution in [0, 0.1) is 5.92 Å². The van der Waals surface area contributed by atoms with Crippen molar-refractivity contribution in [3.8, 4) is 0 Å². The van der Waals surface area contributed by atoms with Gasteiger partial charge in [-0.1, -0.05) is 0 Å². The molecule has 11 heavy (non-hydrogen) atoms. The molecule has 0 unspecified atom stereocenters. The highest BCUT2D eigenvalue weighted by atomic mass is 16.3. The van der Waals surface area contributed by atoms with Gasteiger partial charge >= 0.3 is 0 Å². The van der Waals surface area contributed by atoms with Crippen LogP contribution in [0.3, 0.4) is 0 Å². The van der Waals surface area contributed by atoms with Gasteiger partial charge in [-0.05, 0) is 18.8 Å². The average Bonchev–Trinajstić information content (AvgIpc) is 2.36. The van der Waals surface area contributed by atoms with Crippen LogP contribution < -0.4 is 5.73 Å². The van der Waals surface area contributed by atoms with Crippen LogP contribution in [0.15, 0.2) is 17.0 Å². The van der Waals surface area contributed by atoms with Crippen molar-refractivity contribution in [2.75, 3.05) is 0 Å². The molecule has 0 spiro atoms. The Morgan fingerprint density at radius 3 is 3.00 bits per heavy atom. The summed E-state index contributed by atoms with van der Waals surface area (Å²) < 4.78 is 5.12. The molecule has 0 saturated heterocycles. The summed E-state index contributed by atoms with van der Waals surface area (Å²) in [6, 6.07) is 0.433. The van der Waals surface area contributed by atoms with Crippen LogP contribution in [-0.2, 0) is 6.42 Å². The Kier molecular flexibility index (Phi) is 1.66. The van der Waals surface area contributed by atoms with Gasteiger partial charge in [-0.3, -0.25) is 0 Å². The average molecular weight is 152 g/mol. The molecular weight excluding hydrogens is 140 g/mol. The van der Waals surface area contributed by atoms with E-state index in [-0.39, 0.29) is 0 Å². The third kappa shape index (κ3) is 1.43. The molecule has 1 heterocycles. The highest BCUT2D eigenvalue weighted by molar-refractivity contribution is 4.95. The van der Waals surface area contributed by atoms with Gasteiger partial charge in [-0.2, -0.15) is 0 Å². The van der Waals surface area contributed by atoms with E-state index in [1.807, 2.05) is 0 Å². The SMILES string of the molecule is NC1CC(Cc2cnco2)C1. The molecule has 1 aromatic rings. The standard InChI is InChI=1S/C8H12N2O/c9-7-1-6(2-7)3-8-4-10-5-11-8/h4-7H,1-3,9H2. The van der Waals surface area contributed by atoms with Crippen molar-refractivity contribution in [2.45, 2.75) is 25.3 Å². The molecular formula is C8H12N2O. The van der Waals surface area contributed by atoms with E-state index in [2.05, 4.69) is 4.98 Å².